The lowest BCUT2D eigenvalue weighted by Crippen LogP contribution is -2.55. The molecule has 47 heavy (non-hydrogen) atoms. The van der Waals surface area contributed by atoms with Gasteiger partial charge in [0, 0.05) is 19.0 Å². The lowest BCUT2D eigenvalue weighted by Gasteiger charge is -2.35. The summed E-state index contributed by atoms with van der Waals surface area (Å²) < 4.78 is 29.5. The van der Waals surface area contributed by atoms with Gasteiger partial charge in [-0.3, -0.25) is 13.9 Å². The quantitative estimate of drug-likeness (QED) is 0.172. The largest absolute Gasteiger partial charge is 0.352 e. The molecule has 0 saturated heterocycles. The van der Waals surface area contributed by atoms with Crippen molar-refractivity contribution in [3.8, 4) is 0 Å². The molecule has 1 aliphatic carbocycles. The number of sulfonamides is 1. The van der Waals surface area contributed by atoms with E-state index in [9.17, 15) is 18.0 Å². The molecule has 0 aromatic heterocycles. The van der Waals surface area contributed by atoms with Gasteiger partial charge in [0.05, 0.1) is 15.6 Å². The second-order valence-electron chi connectivity index (χ2n) is 12.3. The zero-order chi connectivity index (χ0) is 33.4. The van der Waals surface area contributed by atoms with Crippen molar-refractivity contribution in [3.05, 3.63) is 130 Å². The summed E-state index contributed by atoms with van der Waals surface area (Å²) in [4.78, 5) is 30.5. The molecule has 0 radical (unpaired) electrons. The maximum atomic E-state index is 14.7. The highest BCUT2D eigenvalue weighted by atomic mass is 35.5. The monoisotopic (exact) mass is 671 g/mol. The molecule has 4 aromatic carbocycles. The zero-order valence-electron chi connectivity index (χ0n) is 26.9. The lowest BCUT2D eigenvalue weighted by molar-refractivity contribution is -0.140. The van der Waals surface area contributed by atoms with Crippen LogP contribution in [-0.2, 0) is 32.6 Å². The normalized spacial score (nSPS) is 14.3. The number of hydrogen-bond donors (Lipinski definition) is 1. The van der Waals surface area contributed by atoms with Crippen molar-refractivity contribution in [2.24, 2.45) is 0 Å². The summed E-state index contributed by atoms with van der Waals surface area (Å²) in [6.07, 6.45) is 5.29. The first-order valence-electron chi connectivity index (χ1n) is 16.1. The summed E-state index contributed by atoms with van der Waals surface area (Å²) >= 11 is 6.58. The number of anilines is 1. The summed E-state index contributed by atoms with van der Waals surface area (Å²) in [6, 6.07) is 29.6. The molecule has 1 N–H and O–H groups in total. The highest BCUT2D eigenvalue weighted by Gasteiger charge is 2.36. The molecule has 0 bridgehead atoms. The minimum Gasteiger partial charge on any atom is -0.352 e. The van der Waals surface area contributed by atoms with E-state index in [1.165, 1.54) is 17.0 Å². The SMILES string of the molecule is Cc1ccc(S(=O)(=O)N(CC(=O)N(Cc2cccc(C)c2)[C@@H](Cc2ccccc2)C(=O)NC2CCCCC2)c2ccccc2Cl)cc1. The number of halogens is 1. The Labute approximate surface area is 283 Å². The van der Waals surface area contributed by atoms with Gasteiger partial charge in [0.15, 0.2) is 0 Å². The van der Waals surface area contributed by atoms with Crippen LogP contribution in [0.3, 0.4) is 0 Å². The Kier molecular flexibility index (Phi) is 11.4. The fourth-order valence-corrected chi connectivity index (χ4v) is 7.83. The number of hydrogen-bond acceptors (Lipinski definition) is 4. The van der Waals surface area contributed by atoms with Crippen LogP contribution in [0.25, 0.3) is 0 Å². The van der Waals surface area contributed by atoms with Crippen molar-refractivity contribution in [1.82, 2.24) is 10.2 Å². The number of carbonyl (C=O) groups is 2. The van der Waals surface area contributed by atoms with Crippen molar-refractivity contribution in [1.29, 1.82) is 0 Å². The molecule has 5 rings (SSSR count). The average Bonchev–Trinajstić information content (AvgIpc) is 3.06. The first-order chi connectivity index (χ1) is 22.6. The van der Waals surface area contributed by atoms with E-state index >= 15 is 0 Å². The fourth-order valence-electron chi connectivity index (χ4n) is 6.11. The van der Waals surface area contributed by atoms with Crippen molar-refractivity contribution in [2.45, 2.75) is 75.9 Å². The number of amides is 2. The predicted molar refractivity (Wildman–Crippen MR) is 188 cm³/mol. The van der Waals surface area contributed by atoms with Gasteiger partial charge in [-0.15, -0.1) is 0 Å². The Morgan fingerprint density at radius 1 is 0.809 bits per heavy atom. The molecule has 7 nitrogen and oxygen atoms in total. The first-order valence-corrected chi connectivity index (χ1v) is 18.0. The molecule has 4 aromatic rings. The Hall–Kier alpha value is -4.14. The maximum absolute atomic E-state index is 14.7. The standard InChI is InChI=1S/C38H42ClN3O4S/c1-28-20-22-33(23-21-28)47(45,46)42(35-19-10-9-18-34(35)39)27-37(43)41(26-31-15-11-12-29(2)24-31)36(25-30-13-5-3-6-14-30)38(44)40-32-16-7-4-8-17-32/h3,5-6,9-15,18-24,32,36H,4,7-8,16-17,25-27H2,1-2H3,(H,40,44)/t36-/m0/s1. The topological polar surface area (TPSA) is 86.8 Å². The van der Waals surface area contributed by atoms with E-state index in [2.05, 4.69) is 5.32 Å². The molecular formula is C38H42ClN3O4S. The number of carbonyl (C=O) groups excluding carboxylic acids is 2. The molecule has 0 spiro atoms. The zero-order valence-corrected chi connectivity index (χ0v) is 28.5. The van der Waals surface area contributed by atoms with E-state index in [4.69, 9.17) is 11.6 Å². The van der Waals surface area contributed by atoms with E-state index in [-0.39, 0.29) is 40.5 Å². The number of para-hydroxylation sites is 1. The third kappa shape index (κ3) is 8.82. The van der Waals surface area contributed by atoms with E-state index in [0.717, 1.165) is 58.7 Å². The Balaban J connectivity index is 1.57. The van der Waals surface area contributed by atoms with E-state index in [0.29, 0.717) is 0 Å². The third-order valence-electron chi connectivity index (χ3n) is 8.67. The van der Waals surface area contributed by atoms with Gasteiger partial charge in [0.2, 0.25) is 11.8 Å². The Bertz CT molecular complexity index is 1770. The highest BCUT2D eigenvalue weighted by molar-refractivity contribution is 7.92. The molecule has 1 saturated carbocycles. The molecule has 0 heterocycles. The van der Waals surface area contributed by atoms with Crippen LogP contribution in [0.5, 0.6) is 0 Å². The van der Waals surface area contributed by atoms with E-state index in [1.807, 2.05) is 68.4 Å². The van der Waals surface area contributed by atoms with Crippen LogP contribution in [0.1, 0.15) is 54.4 Å². The Morgan fingerprint density at radius 3 is 2.15 bits per heavy atom. The van der Waals surface area contributed by atoms with Crippen LogP contribution < -0.4 is 9.62 Å². The highest BCUT2D eigenvalue weighted by Crippen LogP contribution is 2.31. The van der Waals surface area contributed by atoms with Gasteiger partial charge in [-0.2, -0.15) is 0 Å². The van der Waals surface area contributed by atoms with Gasteiger partial charge in [-0.05, 0) is 62.1 Å². The molecule has 2 amide bonds. The number of benzene rings is 4. The van der Waals surface area contributed by atoms with Crippen molar-refractivity contribution in [2.75, 3.05) is 10.8 Å². The molecule has 1 atom stereocenters. The number of aryl methyl sites for hydroxylation is 2. The molecule has 1 fully saturated rings. The predicted octanol–water partition coefficient (Wildman–Crippen LogP) is 7.24. The molecule has 1 aliphatic rings. The maximum Gasteiger partial charge on any atom is 0.264 e. The van der Waals surface area contributed by atoms with Crippen molar-refractivity contribution >= 4 is 39.1 Å². The van der Waals surface area contributed by atoms with E-state index in [1.54, 1.807) is 36.4 Å². The van der Waals surface area contributed by atoms with Crippen LogP contribution in [0, 0.1) is 13.8 Å². The molecule has 0 aliphatic heterocycles. The van der Waals surface area contributed by atoms with Crippen LogP contribution in [-0.4, -0.2) is 43.8 Å². The van der Waals surface area contributed by atoms with Crippen LogP contribution >= 0.6 is 11.6 Å². The number of nitrogens with zero attached hydrogens (tertiary/aromatic N) is 2. The first kappa shape index (κ1) is 34.2. The van der Waals surface area contributed by atoms with Gasteiger partial charge in [0.25, 0.3) is 10.0 Å². The summed E-state index contributed by atoms with van der Waals surface area (Å²) in [5.41, 5.74) is 3.84. The van der Waals surface area contributed by atoms with Crippen LogP contribution in [0.2, 0.25) is 5.02 Å². The second kappa shape index (κ2) is 15.6. The van der Waals surface area contributed by atoms with Gasteiger partial charge in [-0.1, -0.05) is 121 Å². The fraction of sp³-hybridized carbons (Fsp3) is 0.316. The molecule has 246 valence electrons. The molecular weight excluding hydrogens is 630 g/mol. The minimum atomic E-state index is -4.23. The van der Waals surface area contributed by atoms with Gasteiger partial charge < -0.3 is 10.2 Å². The lowest BCUT2D eigenvalue weighted by atomic mass is 9.94. The third-order valence-corrected chi connectivity index (χ3v) is 10.8. The van der Waals surface area contributed by atoms with Gasteiger partial charge >= 0.3 is 0 Å². The van der Waals surface area contributed by atoms with E-state index < -0.39 is 28.5 Å². The summed E-state index contributed by atoms with van der Waals surface area (Å²) in [7, 11) is -4.23. The smallest absolute Gasteiger partial charge is 0.264 e. The molecule has 0 unspecified atom stereocenters. The minimum absolute atomic E-state index is 0.0342. The average molecular weight is 672 g/mol. The number of rotatable bonds is 12. The summed E-state index contributed by atoms with van der Waals surface area (Å²) in [5.74, 6) is -0.755. The van der Waals surface area contributed by atoms with Gasteiger partial charge in [0.1, 0.15) is 12.6 Å². The van der Waals surface area contributed by atoms with Gasteiger partial charge in [-0.25, -0.2) is 8.42 Å². The summed E-state index contributed by atoms with van der Waals surface area (Å²) in [5, 5.41) is 3.43. The van der Waals surface area contributed by atoms with Crippen LogP contribution in [0.15, 0.2) is 108 Å². The van der Waals surface area contributed by atoms with Crippen molar-refractivity contribution in [3.63, 3.8) is 0 Å². The molecule has 9 heteroatoms. The van der Waals surface area contributed by atoms with Crippen molar-refractivity contribution < 1.29 is 18.0 Å². The number of nitrogens with one attached hydrogen (secondary N) is 1. The Morgan fingerprint density at radius 2 is 1.47 bits per heavy atom. The summed E-state index contributed by atoms with van der Waals surface area (Å²) in [6.45, 7) is 3.42. The van der Waals surface area contributed by atoms with Crippen LogP contribution in [0.4, 0.5) is 5.69 Å². The second-order valence-corrected chi connectivity index (χ2v) is 14.6.